The van der Waals surface area contributed by atoms with Gasteiger partial charge < -0.3 is 14.7 Å². The second-order valence-electron chi connectivity index (χ2n) is 8.64. The van der Waals surface area contributed by atoms with E-state index in [0.29, 0.717) is 25.1 Å². The molecule has 1 amide bonds. The van der Waals surface area contributed by atoms with E-state index in [-0.39, 0.29) is 18.4 Å². The van der Waals surface area contributed by atoms with E-state index in [1.165, 1.54) is 0 Å². The molecular weight excluding hydrogens is 428 g/mol. The Morgan fingerprint density at radius 3 is 2.44 bits per heavy atom. The van der Waals surface area contributed by atoms with Gasteiger partial charge in [0.1, 0.15) is 5.75 Å². The third kappa shape index (κ3) is 6.44. The molecule has 176 valence electrons. The van der Waals surface area contributed by atoms with Crippen molar-refractivity contribution in [1.82, 2.24) is 9.88 Å². The highest BCUT2D eigenvalue weighted by Gasteiger charge is 2.33. The normalized spacial score (nSPS) is 12.8. The molecule has 6 nitrogen and oxygen atoms in total. The van der Waals surface area contributed by atoms with Gasteiger partial charge in [0.05, 0.1) is 6.61 Å². The highest BCUT2D eigenvalue weighted by atomic mass is 16.5. The predicted molar refractivity (Wildman–Crippen MR) is 131 cm³/mol. The molecule has 2 aromatic carbocycles. The molecule has 1 aromatic heterocycles. The number of para-hydroxylation sites is 1. The number of nitrogens with zero attached hydrogens (tertiary/aromatic N) is 2. The molecule has 0 radical (unpaired) electrons. The molecule has 1 heterocycles. The van der Waals surface area contributed by atoms with Crippen molar-refractivity contribution in [3.8, 4) is 16.9 Å². The first-order valence-electron chi connectivity index (χ1n) is 11.9. The Morgan fingerprint density at radius 2 is 1.74 bits per heavy atom. The van der Waals surface area contributed by atoms with Crippen molar-refractivity contribution in [1.29, 1.82) is 0 Å². The standard InChI is InChI=1S/C28H30N2O4/c31-27(32)10-2-1-5-18-34-26-9-4-3-7-24(26)20-30(25-15-16-25)28(33)22-13-11-21(12-14-22)23-8-6-17-29-19-23/h3-4,6-9,11-14,17,19,25H,1-2,5,10,15-16,18,20H2,(H,31,32). The second-order valence-corrected chi connectivity index (χ2v) is 8.64. The number of carboxylic acid groups (broad SMARTS) is 1. The van der Waals surface area contributed by atoms with Crippen molar-refractivity contribution < 1.29 is 19.4 Å². The van der Waals surface area contributed by atoms with Crippen LogP contribution in [0.3, 0.4) is 0 Å². The van der Waals surface area contributed by atoms with Gasteiger partial charge in [-0.2, -0.15) is 0 Å². The van der Waals surface area contributed by atoms with Crippen molar-refractivity contribution in [3.05, 3.63) is 84.2 Å². The molecule has 34 heavy (non-hydrogen) atoms. The summed E-state index contributed by atoms with van der Waals surface area (Å²) in [4.78, 5) is 30.2. The maximum atomic E-state index is 13.4. The number of pyridine rings is 1. The fraction of sp³-hybridized carbons (Fsp3) is 0.321. The highest BCUT2D eigenvalue weighted by Crippen LogP contribution is 2.32. The van der Waals surface area contributed by atoms with E-state index in [4.69, 9.17) is 9.84 Å². The van der Waals surface area contributed by atoms with Crippen LogP contribution in [0.2, 0.25) is 0 Å². The molecule has 0 spiro atoms. The van der Waals surface area contributed by atoms with Gasteiger partial charge in [-0.1, -0.05) is 36.4 Å². The van der Waals surface area contributed by atoms with E-state index in [0.717, 1.165) is 48.1 Å². The van der Waals surface area contributed by atoms with Crippen LogP contribution >= 0.6 is 0 Å². The molecule has 1 fully saturated rings. The minimum atomic E-state index is -0.761. The van der Waals surface area contributed by atoms with Gasteiger partial charge in [0.25, 0.3) is 5.91 Å². The number of benzene rings is 2. The average Bonchev–Trinajstić information content (AvgIpc) is 3.71. The van der Waals surface area contributed by atoms with Gasteiger partial charge in [-0.15, -0.1) is 0 Å². The Bertz CT molecular complexity index is 1090. The van der Waals surface area contributed by atoms with Crippen molar-refractivity contribution in [2.45, 2.75) is 51.1 Å². The van der Waals surface area contributed by atoms with Gasteiger partial charge in [0, 0.05) is 42.5 Å². The van der Waals surface area contributed by atoms with Crippen LogP contribution < -0.4 is 4.74 Å². The molecule has 1 aliphatic carbocycles. The van der Waals surface area contributed by atoms with Crippen LogP contribution in [0.5, 0.6) is 5.75 Å². The number of unbranched alkanes of at least 4 members (excludes halogenated alkanes) is 2. The highest BCUT2D eigenvalue weighted by molar-refractivity contribution is 5.95. The number of carbonyl (C=O) groups excluding carboxylic acids is 1. The topological polar surface area (TPSA) is 79.7 Å². The van der Waals surface area contributed by atoms with Crippen molar-refractivity contribution in [2.24, 2.45) is 0 Å². The van der Waals surface area contributed by atoms with Gasteiger partial charge in [0.15, 0.2) is 0 Å². The van der Waals surface area contributed by atoms with E-state index in [1.54, 1.807) is 6.20 Å². The number of hydrogen-bond acceptors (Lipinski definition) is 4. The molecule has 0 aliphatic heterocycles. The summed E-state index contributed by atoms with van der Waals surface area (Å²) in [5.74, 6) is 0.0534. The lowest BCUT2D eigenvalue weighted by Gasteiger charge is -2.24. The van der Waals surface area contributed by atoms with Crippen LogP contribution in [0.25, 0.3) is 11.1 Å². The number of amides is 1. The molecule has 6 heteroatoms. The van der Waals surface area contributed by atoms with E-state index in [1.807, 2.05) is 71.8 Å². The Kier molecular flexibility index (Phi) is 7.91. The fourth-order valence-electron chi connectivity index (χ4n) is 3.95. The Balaban J connectivity index is 1.40. The summed E-state index contributed by atoms with van der Waals surface area (Å²) in [6, 6.07) is 19.7. The molecule has 0 atom stereocenters. The van der Waals surface area contributed by atoms with Crippen molar-refractivity contribution >= 4 is 11.9 Å². The summed E-state index contributed by atoms with van der Waals surface area (Å²) < 4.78 is 6.00. The van der Waals surface area contributed by atoms with E-state index < -0.39 is 5.97 Å². The second kappa shape index (κ2) is 11.5. The summed E-state index contributed by atoms with van der Waals surface area (Å²) in [7, 11) is 0. The molecule has 3 aromatic rings. The molecule has 0 saturated heterocycles. The van der Waals surface area contributed by atoms with Gasteiger partial charge in [-0.05, 0) is 67.5 Å². The minimum Gasteiger partial charge on any atom is -0.493 e. The van der Waals surface area contributed by atoms with Crippen LogP contribution in [-0.4, -0.2) is 39.5 Å². The van der Waals surface area contributed by atoms with Gasteiger partial charge in [0.2, 0.25) is 0 Å². The third-order valence-electron chi connectivity index (χ3n) is 5.98. The summed E-state index contributed by atoms with van der Waals surface area (Å²) in [6.07, 6.45) is 8.07. The SMILES string of the molecule is O=C(O)CCCCCOc1ccccc1CN(C(=O)c1ccc(-c2cccnc2)cc1)C1CC1. The molecule has 1 N–H and O–H groups in total. The molecule has 1 aliphatic rings. The van der Waals surface area contributed by atoms with Crippen LogP contribution in [0.4, 0.5) is 0 Å². The monoisotopic (exact) mass is 458 g/mol. The molecular formula is C28H30N2O4. The van der Waals surface area contributed by atoms with Gasteiger partial charge >= 0.3 is 5.97 Å². The van der Waals surface area contributed by atoms with Crippen LogP contribution in [0, 0.1) is 0 Å². The van der Waals surface area contributed by atoms with Crippen LogP contribution in [0.15, 0.2) is 73.1 Å². The number of aliphatic carboxylic acids is 1. The number of hydrogen-bond donors (Lipinski definition) is 1. The largest absolute Gasteiger partial charge is 0.493 e. The van der Waals surface area contributed by atoms with Crippen molar-refractivity contribution in [3.63, 3.8) is 0 Å². The maximum Gasteiger partial charge on any atom is 0.303 e. The first kappa shape index (κ1) is 23.5. The lowest BCUT2D eigenvalue weighted by Crippen LogP contribution is -2.32. The quantitative estimate of drug-likeness (QED) is 0.359. The third-order valence-corrected chi connectivity index (χ3v) is 5.98. The zero-order valence-electron chi connectivity index (χ0n) is 19.2. The summed E-state index contributed by atoms with van der Waals surface area (Å²) in [5.41, 5.74) is 3.72. The molecule has 4 rings (SSSR count). The zero-order valence-corrected chi connectivity index (χ0v) is 19.2. The minimum absolute atomic E-state index is 0.0312. The first-order chi connectivity index (χ1) is 16.6. The Labute approximate surface area is 200 Å². The predicted octanol–water partition coefficient (Wildman–Crippen LogP) is 5.58. The number of carboxylic acids is 1. The number of rotatable bonds is 12. The van der Waals surface area contributed by atoms with Gasteiger partial charge in [-0.3, -0.25) is 14.6 Å². The Morgan fingerprint density at radius 1 is 0.941 bits per heavy atom. The fourth-order valence-corrected chi connectivity index (χ4v) is 3.95. The molecule has 1 saturated carbocycles. The summed E-state index contributed by atoms with van der Waals surface area (Å²) >= 11 is 0. The van der Waals surface area contributed by atoms with E-state index >= 15 is 0 Å². The van der Waals surface area contributed by atoms with E-state index in [9.17, 15) is 9.59 Å². The summed E-state index contributed by atoms with van der Waals surface area (Å²) in [6.45, 7) is 1.03. The number of ether oxygens (including phenoxy) is 1. The first-order valence-corrected chi connectivity index (χ1v) is 11.9. The van der Waals surface area contributed by atoms with Crippen LogP contribution in [-0.2, 0) is 11.3 Å². The Hall–Kier alpha value is -3.67. The van der Waals surface area contributed by atoms with Crippen molar-refractivity contribution in [2.75, 3.05) is 6.61 Å². The molecule has 0 bridgehead atoms. The maximum absolute atomic E-state index is 13.4. The lowest BCUT2D eigenvalue weighted by atomic mass is 10.0. The molecule has 0 unspecified atom stereocenters. The average molecular weight is 459 g/mol. The van der Waals surface area contributed by atoms with Crippen LogP contribution in [0.1, 0.15) is 54.4 Å². The zero-order chi connectivity index (χ0) is 23.8. The van der Waals surface area contributed by atoms with Gasteiger partial charge in [-0.25, -0.2) is 0 Å². The smallest absolute Gasteiger partial charge is 0.303 e. The number of carbonyl (C=O) groups is 2. The lowest BCUT2D eigenvalue weighted by molar-refractivity contribution is -0.137. The summed E-state index contributed by atoms with van der Waals surface area (Å²) in [5, 5.41) is 8.75. The number of aromatic nitrogens is 1. The van der Waals surface area contributed by atoms with E-state index in [2.05, 4.69) is 4.98 Å².